The minimum atomic E-state index is -2.41. The number of hydrogen-bond acceptors (Lipinski definition) is 2. The van der Waals surface area contributed by atoms with Crippen LogP contribution in [0.5, 0.6) is 0 Å². The number of rotatable bonds is 1. The van der Waals surface area contributed by atoms with E-state index in [0.717, 1.165) is 25.9 Å². The molecule has 4 heteroatoms. The maximum absolute atomic E-state index is 14.1. The molecule has 0 bridgehead atoms. The Hall–Kier alpha value is -0.220. The van der Waals surface area contributed by atoms with Crippen LogP contribution in [0.3, 0.4) is 0 Å². The molecule has 2 nitrogen and oxygen atoms in total. The molecule has 3 aliphatic rings. The molecule has 2 heterocycles. The maximum atomic E-state index is 14.1. The summed E-state index contributed by atoms with van der Waals surface area (Å²) in [6.45, 7) is 2.86. The molecule has 0 radical (unpaired) electrons. The van der Waals surface area contributed by atoms with Crippen LogP contribution in [0.15, 0.2) is 0 Å². The molecule has 0 amide bonds. The Bertz CT molecular complexity index is 270. The second-order valence-electron chi connectivity index (χ2n) is 5.46. The molecule has 1 spiro atoms. The number of hydrogen-bond donors (Lipinski definition) is 1. The quantitative estimate of drug-likeness (QED) is 0.745. The number of alkyl halides is 2. The van der Waals surface area contributed by atoms with E-state index in [1.807, 2.05) is 0 Å². The third-order valence-corrected chi connectivity index (χ3v) is 4.80. The second-order valence-corrected chi connectivity index (χ2v) is 5.46. The van der Waals surface area contributed by atoms with Crippen molar-refractivity contribution in [1.29, 1.82) is 0 Å². The van der Waals surface area contributed by atoms with Gasteiger partial charge in [-0.2, -0.15) is 0 Å². The van der Waals surface area contributed by atoms with Gasteiger partial charge in [-0.05, 0) is 44.7 Å². The number of nitrogens with one attached hydrogen (secondary N) is 1. The van der Waals surface area contributed by atoms with Gasteiger partial charge in [-0.15, -0.1) is 0 Å². The van der Waals surface area contributed by atoms with Crippen LogP contribution in [0.1, 0.15) is 25.7 Å². The fourth-order valence-corrected chi connectivity index (χ4v) is 3.85. The molecule has 1 atom stereocenters. The summed E-state index contributed by atoms with van der Waals surface area (Å²) in [4.78, 5) is 0. The lowest BCUT2D eigenvalue weighted by atomic mass is 9.84. The lowest BCUT2D eigenvalue weighted by molar-refractivity contribution is 0.0239. The monoisotopic (exact) mass is 231 g/mol. The molecule has 16 heavy (non-hydrogen) atoms. The van der Waals surface area contributed by atoms with Crippen LogP contribution in [-0.4, -0.2) is 32.2 Å². The van der Waals surface area contributed by atoms with E-state index in [-0.39, 0.29) is 11.8 Å². The summed E-state index contributed by atoms with van der Waals surface area (Å²) in [6.07, 6.45) is 2.97. The first-order chi connectivity index (χ1) is 7.68. The lowest BCUT2D eigenvalue weighted by Crippen LogP contribution is -2.32. The first-order valence-electron chi connectivity index (χ1n) is 6.35. The molecule has 1 N–H and O–H groups in total. The average Bonchev–Trinajstić information content (AvgIpc) is 2.76. The Morgan fingerprint density at radius 2 is 1.69 bits per heavy atom. The molecule has 3 fully saturated rings. The van der Waals surface area contributed by atoms with E-state index in [1.165, 1.54) is 0 Å². The SMILES string of the molecule is FC1(F)C(C2CCOCC2)C12CCNCC2. The minimum Gasteiger partial charge on any atom is -0.381 e. The Morgan fingerprint density at radius 1 is 1.06 bits per heavy atom. The Labute approximate surface area is 94.7 Å². The first kappa shape index (κ1) is 10.9. The highest BCUT2D eigenvalue weighted by molar-refractivity contribution is 5.20. The van der Waals surface area contributed by atoms with Crippen molar-refractivity contribution in [1.82, 2.24) is 5.32 Å². The average molecular weight is 231 g/mol. The number of ether oxygens (including phenoxy) is 1. The van der Waals surface area contributed by atoms with E-state index < -0.39 is 11.3 Å². The summed E-state index contributed by atoms with van der Waals surface area (Å²) in [6, 6.07) is 0. The molecule has 1 saturated carbocycles. The standard InChI is InChI=1S/C12H19F2NO/c13-12(14)10(9-1-7-16-8-2-9)11(12)3-5-15-6-4-11/h9-10,15H,1-8H2. The number of piperidine rings is 1. The van der Waals surface area contributed by atoms with Crippen molar-refractivity contribution in [2.24, 2.45) is 17.3 Å². The molecule has 1 aliphatic carbocycles. The van der Waals surface area contributed by atoms with Gasteiger partial charge in [0.05, 0.1) is 0 Å². The molecule has 0 aromatic rings. The van der Waals surface area contributed by atoms with Crippen molar-refractivity contribution in [3.8, 4) is 0 Å². The smallest absolute Gasteiger partial charge is 0.258 e. The molecule has 2 aliphatic heterocycles. The van der Waals surface area contributed by atoms with Gasteiger partial charge in [0.2, 0.25) is 0 Å². The molecular weight excluding hydrogens is 212 g/mol. The van der Waals surface area contributed by atoms with Crippen molar-refractivity contribution < 1.29 is 13.5 Å². The van der Waals surface area contributed by atoms with E-state index in [1.54, 1.807) is 0 Å². The van der Waals surface area contributed by atoms with Gasteiger partial charge in [0, 0.05) is 24.5 Å². The van der Waals surface area contributed by atoms with Crippen LogP contribution in [0.25, 0.3) is 0 Å². The highest BCUT2D eigenvalue weighted by atomic mass is 19.3. The van der Waals surface area contributed by atoms with Gasteiger partial charge >= 0.3 is 0 Å². The normalized spacial score (nSPS) is 37.5. The van der Waals surface area contributed by atoms with Gasteiger partial charge in [-0.1, -0.05) is 0 Å². The Kier molecular flexibility index (Phi) is 2.48. The summed E-state index contributed by atoms with van der Waals surface area (Å²) in [5.41, 5.74) is -0.653. The van der Waals surface area contributed by atoms with Crippen molar-refractivity contribution in [3.63, 3.8) is 0 Å². The topological polar surface area (TPSA) is 21.3 Å². The maximum Gasteiger partial charge on any atom is 0.258 e. The largest absolute Gasteiger partial charge is 0.381 e. The predicted octanol–water partition coefficient (Wildman–Crippen LogP) is 2.05. The summed E-state index contributed by atoms with van der Waals surface area (Å²) < 4.78 is 33.4. The van der Waals surface area contributed by atoms with E-state index >= 15 is 0 Å². The summed E-state index contributed by atoms with van der Waals surface area (Å²) >= 11 is 0. The van der Waals surface area contributed by atoms with Gasteiger partial charge < -0.3 is 10.1 Å². The molecule has 0 aromatic heterocycles. The van der Waals surface area contributed by atoms with Gasteiger partial charge in [-0.25, -0.2) is 8.78 Å². The number of halogens is 2. The van der Waals surface area contributed by atoms with E-state index in [0.29, 0.717) is 26.1 Å². The summed E-state index contributed by atoms with van der Waals surface area (Å²) in [7, 11) is 0. The van der Waals surface area contributed by atoms with Crippen LogP contribution in [-0.2, 0) is 4.74 Å². The van der Waals surface area contributed by atoms with Crippen LogP contribution >= 0.6 is 0 Å². The molecule has 0 aromatic carbocycles. The van der Waals surface area contributed by atoms with E-state index in [4.69, 9.17) is 4.74 Å². The van der Waals surface area contributed by atoms with Gasteiger partial charge in [-0.3, -0.25) is 0 Å². The molecule has 3 rings (SSSR count). The third kappa shape index (κ3) is 1.35. The van der Waals surface area contributed by atoms with E-state index in [2.05, 4.69) is 5.32 Å². The minimum absolute atomic E-state index is 0.196. The first-order valence-corrected chi connectivity index (χ1v) is 6.35. The Balaban J connectivity index is 1.75. The zero-order valence-corrected chi connectivity index (χ0v) is 9.48. The van der Waals surface area contributed by atoms with Crippen LogP contribution in [0, 0.1) is 17.3 Å². The fourth-order valence-electron chi connectivity index (χ4n) is 3.85. The third-order valence-electron chi connectivity index (χ3n) is 4.80. The van der Waals surface area contributed by atoms with Crippen molar-refractivity contribution in [3.05, 3.63) is 0 Å². The van der Waals surface area contributed by atoms with Crippen LogP contribution < -0.4 is 5.32 Å². The second kappa shape index (κ2) is 3.64. The summed E-state index contributed by atoms with van der Waals surface area (Å²) in [5, 5.41) is 3.18. The molecule has 1 unspecified atom stereocenters. The van der Waals surface area contributed by atoms with Gasteiger partial charge in [0.15, 0.2) is 0 Å². The van der Waals surface area contributed by atoms with Crippen LogP contribution in [0.2, 0.25) is 0 Å². The van der Waals surface area contributed by atoms with Gasteiger partial charge in [0.25, 0.3) is 5.92 Å². The van der Waals surface area contributed by atoms with Crippen LogP contribution in [0.4, 0.5) is 8.78 Å². The zero-order valence-electron chi connectivity index (χ0n) is 9.48. The lowest BCUT2D eigenvalue weighted by Gasteiger charge is -2.26. The molecule has 2 saturated heterocycles. The van der Waals surface area contributed by atoms with Gasteiger partial charge in [0.1, 0.15) is 0 Å². The summed E-state index contributed by atoms with van der Waals surface area (Å²) in [5.74, 6) is -2.57. The Morgan fingerprint density at radius 3 is 2.31 bits per heavy atom. The van der Waals surface area contributed by atoms with E-state index in [9.17, 15) is 8.78 Å². The fraction of sp³-hybridized carbons (Fsp3) is 1.00. The zero-order chi connectivity index (χ0) is 11.2. The van der Waals surface area contributed by atoms with Crippen molar-refractivity contribution in [2.45, 2.75) is 31.6 Å². The van der Waals surface area contributed by atoms with Crippen molar-refractivity contribution >= 4 is 0 Å². The predicted molar refractivity (Wildman–Crippen MR) is 56.5 cm³/mol. The highest BCUT2D eigenvalue weighted by Crippen LogP contribution is 2.73. The highest BCUT2D eigenvalue weighted by Gasteiger charge is 2.80. The van der Waals surface area contributed by atoms with Crippen molar-refractivity contribution in [2.75, 3.05) is 26.3 Å². The molecular formula is C12H19F2NO. The molecule has 92 valence electrons.